The van der Waals surface area contributed by atoms with Crippen LogP contribution in [0.4, 0.5) is 24.5 Å². The zero-order valence-electron chi connectivity index (χ0n) is 10.9. The summed E-state index contributed by atoms with van der Waals surface area (Å²) in [5.41, 5.74) is 4.90. The van der Waals surface area contributed by atoms with Gasteiger partial charge in [-0.05, 0) is 37.0 Å². The summed E-state index contributed by atoms with van der Waals surface area (Å²) in [5.74, 6) is 0.487. The second-order valence-corrected chi connectivity index (χ2v) is 5.31. The van der Waals surface area contributed by atoms with Gasteiger partial charge >= 0.3 is 6.18 Å². The molecule has 0 radical (unpaired) electrons. The smallest absolute Gasteiger partial charge is 0.398 e. The van der Waals surface area contributed by atoms with E-state index in [0.29, 0.717) is 11.6 Å². The zero-order chi connectivity index (χ0) is 14.0. The number of nitrogen functional groups attached to an aromatic ring is 1. The number of benzene rings is 1. The highest BCUT2D eigenvalue weighted by atomic mass is 19.4. The van der Waals surface area contributed by atoms with Crippen LogP contribution in [0.5, 0.6) is 0 Å². The van der Waals surface area contributed by atoms with E-state index in [0.717, 1.165) is 25.3 Å². The Kier molecular flexibility index (Phi) is 3.92. The van der Waals surface area contributed by atoms with Crippen LogP contribution in [-0.2, 0) is 6.18 Å². The molecule has 3 N–H and O–H groups in total. The van der Waals surface area contributed by atoms with Gasteiger partial charge in [-0.2, -0.15) is 13.2 Å². The van der Waals surface area contributed by atoms with Gasteiger partial charge in [0.2, 0.25) is 0 Å². The first-order valence-corrected chi connectivity index (χ1v) is 6.61. The van der Waals surface area contributed by atoms with E-state index in [4.69, 9.17) is 5.73 Å². The fourth-order valence-corrected chi connectivity index (χ4v) is 2.64. The van der Waals surface area contributed by atoms with Crippen molar-refractivity contribution in [1.82, 2.24) is 0 Å². The topological polar surface area (TPSA) is 38.0 Å². The van der Waals surface area contributed by atoms with Gasteiger partial charge in [0, 0.05) is 17.4 Å². The van der Waals surface area contributed by atoms with Gasteiger partial charge in [0.15, 0.2) is 0 Å². The Labute approximate surface area is 111 Å². The number of hydrogen-bond acceptors (Lipinski definition) is 2. The minimum absolute atomic E-state index is 0.227. The van der Waals surface area contributed by atoms with Crippen LogP contribution in [0, 0.1) is 5.92 Å². The maximum absolute atomic E-state index is 12.8. The molecule has 0 spiro atoms. The highest BCUT2D eigenvalue weighted by Gasteiger charge is 2.33. The van der Waals surface area contributed by atoms with E-state index in [1.165, 1.54) is 12.5 Å². The van der Waals surface area contributed by atoms with E-state index < -0.39 is 11.7 Å². The third-order valence-electron chi connectivity index (χ3n) is 3.82. The van der Waals surface area contributed by atoms with Crippen molar-refractivity contribution in [3.8, 4) is 0 Å². The van der Waals surface area contributed by atoms with Crippen LogP contribution in [0.3, 0.4) is 0 Å². The van der Waals surface area contributed by atoms with Crippen molar-refractivity contribution in [1.29, 1.82) is 0 Å². The first-order chi connectivity index (χ1) is 8.88. The molecular weight excluding hydrogens is 253 g/mol. The van der Waals surface area contributed by atoms with Crippen molar-refractivity contribution in [2.45, 2.75) is 44.8 Å². The largest absolute Gasteiger partial charge is 0.418 e. The van der Waals surface area contributed by atoms with E-state index in [1.54, 1.807) is 6.07 Å². The van der Waals surface area contributed by atoms with E-state index in [9.17, 15) is 13.2 Å². The lowest BCUT2D eigenvalue weighted by molar-refractivity contribution is -0.136. The molecule has 0 aromatic heterocycles. The monoisotopic (exact) mass is 272 g/mol. The van der Waals surface area contributed by atoms with Gasteiger partial charge in [0.1, 0.15) is 0 Å². The lowest BCUT2D eigenvalue weighted by Gasteiger charge is -2.30. The molecule has 0 amide bonds. The average Bonchev–Trinajstić information content (AvgIpc) is 2.33. The predicted octanol–water partition coefficient (Wildman–Crippen LogP) is 4.28. The Balaban J connectivity index is 2.17. The summed E-state index contributed by atoms with van der Waals surface area (Å²) in [6.07, 6.45) is 0.0591. The van der Waals surface area contributed by atoms with E-state index in [2.05, 4.69) is 12.2 Å². The van der Waals surface area contributed by atoms with Crippen LogP contribution in [-0.4, -0.2) is 6.04 Å². The van der Waals surface area contributed by atoms with Gasteiger partial charge in [-0.1, -0.05) is 19.8 Å². The quantitative estimate of drug-likeness (QED) is 0.789. The van der Waals surface area contributed by atoms with Gasteiger partial charge in [-0.3, -0.25) is 0 Å². The molecule has 0 heterocycles. The van der Waals surface area contributed by atoms with E-state index in [-0.39, 0.29) is 11.7 Å². The zero-order valence-corrected chi connectivity index (χ0v) is 10.9. The van der Waals surface area contributed by atoms with Gasteiger partial charge < -0.3 is 11.1 Å². The summed E-state index contributed by atoms with van der Waals surface area (Å²) in [7, 11) is 0. The molecule has 2 nitrogen and oxygen atoms in total. The molecule has 19 heavy (non-hydrogen) atoms. The number of anilines is 2. The summed E-state index contributed by atoms with van der Waals surface area (Å²) in [5, 5.41) is 3.21. The molecule has 5 heteroatoms. The Hall–Kier alpha value is -1.39. The molecule has 106 valence electrons. The molecule has 2 atom stereocenters. The molecule has 2 rings (SSSR count). The van der Waals surface area contributed by atoms with Crippen molar-refractivity contribution < 1.29 is 13.2 Å². The van der Waals surface area contributed by atoms with Crippen LogP contribution in [0.25, 0.3) is 0 Å². The van der Waals surface area contributed by atoms with Crippen LogP contribution in [0.1, 0.15) is 38.2 Å². The number of nitrogens with one attached hydrogen (secondary N) is 1. The molecule has 1 fully saturated rings. The van der Waals surface area contributed by atoms with Crippen LogP contribution < -0.4 is 11.1 Å². The van der Waals surface area contributed by atoms with Gasteiger partial charge in [-0.25, -0.2) is 0 Å². The fourth-order valence-electron chi connectivity index (χ4n) is 2.64. The standard InChI is InChI=1S/C14H19F3N2/c1-9-4-2-3-5-13(9)19-10-6-7-12(18)11(8-10)14(15,16)17/h6-9,13,19H,2-5,18H2,1H3. The molecule has 0 saturated heterocycles. The van der Waals surface area contributed by atoms with Crippen molar-refractivity contribution in [2.75, 3.05) is 11.1 Å². The number of halogens is 3. The Morgan fingerprint density at radius 2 is 1.89 bits per heavy atom. The van der Waals surface area contributed by atoms with Gasteiger partial charge in [0.25, 0.3) is 0 Å². The Bertz CT molecular complexity index is 443. The van der Waals surface area contributed by atoms with Crippen molar-refractivity contribution in [2.24, 2.45) is 5.92 Å². The summed E-state index contributed by atoms with van der Waals surface area (Å²) in [4.78, 5) is 0. The highest BCUT2D eigenvalue weighted by molar-refractivity contribution is 5.58. The molecule has 1 aromatic rings. The molecule has 2 unspecified atom stereocenters. The molecule has 0 aliphatic heterocycles. The summed E-state index contributed by atoms with van der Waals surface area (Å²) >= 11 is 0. The lowest BCUT2D eigenvalue weighted by Crippen LogP contribution is -2.30. The maximum atomic E-state index is 12.8. The molecule has 1 aliphatic carbocycles. The molecule has 1 saturated carbocycles. The minimum atomic E-state index is -4.40. The molecule has 1 aliphatic rings. The lowest BCUT2D eigenvalue weighted by atomic mass is 9.86. The van der Waals surface area contributed by atoms with Crippen molar-refractivity contribution in [3.63, 3.8) is 0 Å². The third kappa shape index (κ3) is 3.33. The highest BCUT2D eigenvalue weighted by Crippen LogP contribution is 2.36. The molecular formula is C14H19F3N2. The first kappa shape index (κ1) is 14.0. The second kappa shape index (κ2) is 5.31. The fraction of sp³-hybridized carbons (Fsp3) is 0.571. The molecule has 0 bridgehead atoms. The predicted molar refractivity (Wildman–Crippen MR) is 70.9 cm³/mol. The normalized spacial score (nSPS) is 24.2. The summed E-state index contributed by atoms with van der Waals surface area (Å²) in [6, 6.07) is 4.29. The van der Waals surface area contributed by atoms with Crippen LogP contribution >= 0.6 is 0 Å². The average molecular weight is 272 g/mol. The first-order valence-electron chi connectivity index (χ1n) is 6.61. The number of alkyl halides is 3. The Morgan fingerprint density at radius 3 is 2.53 bits per heavy atom. The second-order valence-electron chi connectivity index (χ2n) is 5.31. The maximum Gasteiger partial charge on any atom is 0.418 e. The SMILES string of the molecule is CC1CCCCC1Nc1ccc(N)c(C(F)(F)F)c1. The number of nitrogens with two attached hydrogens (primary N) is 1. The van der Waals surface area contributed by atoms with Crippen LogP contribution in [0.2, 0.25) is 0 Å². The van der Waals surface area contributed by atoms with E-state index >= 15 is 0 Å². The van der Waals surface area contributed by atoms with Crippen molar-refractivity contribution in [3.05, 3.63) is 23.8 Å². The van der Waals surface area contributed by atoms with E-state index in [1.807, 2.05) is 0 Å². The van der Waals surface area contributed by atoms with Crippen molar-refractivity contribution >= 4 is 11.4 Å². The third-order valence-corrected chi connectivity index (χ3v) is 3.82. The Morgan fingerprint density at radius 1 is 1.21 bits per heavy atom. The van der Waals surface area contributed by atoms with Crippen LogP contribution in [0.15, 0.2) is 18.2 Å². The van der Waals surface area contributed by atoms with Gasteiger partial charge in [0.05, 0.1) is 5.56 Å². The summed E-state index contributed by atoms with van der Waals surface area (Å²) in [6.45, 7) is 2.14. The number of hydrogen-bond donors (Lipinski definition) is 2. The molecule has 1 aromatic carbocycles. The number of rotatable bonds is 2. The minimum Gasteiger partial charge on any atom is -0.398 e. The van der Waals surface area contributed by atoms with Gasteiger partial charge in [-0.15, -0.1) is 0 Å². The summed E-state index contributed by atoms with van der Waals surface area (Å²) < 4.78 is 38.3.